The zero-order valence-electron chi connectivity index (χ0n) is 33.1. The van der Waals surface area contributed by atoms with E-state index in [0.717, 1.165) is 33.4 Å². The lowest BCUT2D eigenvalue weighted by Crippen LogP contribution is -2.24. The third-order valence-electron chi connectivity index (χ3n) is 9.27. The van der Waals surface area contributed by atoms with Gasteiger partial charge in [-0.25, -0.2) is 4.57 Å². The van der Waals surface area contributed by atoms with Gasteiger partial charge in [0.15, 0.2) is 0 Å². The summed E-state index contributed by atoms with van der Waals surface area (Å²) >= 11 is 0. The van der Waals surface area contributed by atoms with E-state index < -0.39 is 7.82 Å². The molecule has 0 fully saturated rings. The molecule has 0 atom stereocenters. The predicted octanol–water partition coefficient (Wildman–Crippen LogP) is 11.6. The molecule has 0 radical (unpaired) electrons. The number of phosphoric ester groups is 1. The number of hydrogen-bond donors (Lipinski definition) is 1. The fraction of sp³-hybridized carbons (Fsp3) is 0.571. The number of phenols is 1. The maximum absolute atomic E-state index is 14.9. The number of phosphoric acid groups is 1. The summed E-state index contributed by atoms with van der Waals surface area (Å²) in [5, 5.41) is 10.4. The molecule has 1 aliphatic heterocycles. The van der Waals surface area contributed by atoms with Crippen LogP contribution in [0, 0.1) is 0 Å². The average Bonchev–Trinajstić information content (AvgIpc) is 3.03. The number of aromatic hydroxyl groups is 1. The lowest BCUT2D eigenvalue weighted by molar-refractivity contribution is 0.179. The average molecular weight is 692 g/mol. The summed E-state index contributed by atoms with van der Waals surface area (Å²) in [6, 6.07) is 14.5. The molecule has 0 saturated carbocycles. The maximum atomic E-state index is 14.9. The van der Waals surface area contributed by atoms with E-state index in [4.69, 9.17) is 13.6 Å². The smallest absolute Gasteiger partial charge is 0.508 e. The second kappa shape index (κ2) is 13.1. The highest BCUT2D eigenvalue weighted by atomic mass is 31.2. The minimum absolute atomic E-state index is 0.132. The van der Waals surface area contributed by atoms with Gasteiger partial charge in [0.1, 0.15) is 17.2 Å². The van der Waals surface area contributed by atoms with Crippen LogP contribution in [0.15, 0.2) is 42.5 Å². The fourth-order valence-corrected chi connectivity index (χ4v) is 7.40. The van der Waals surface area contributed by atoms with Gasteiger partial charge in [0.05, 0.1) is 6.61 Å². The van der Waals surface area contributed by atoms with Crippen molar-refractivity contribution in [2.45, 2.75) is 137 Å². The van der Waals surface area contributed by atoms with Crippen LogP contribution < -0.4 is 9.05 Å². The minimum Gasteiger partial charge on any atom is -0.508 e. The van der Waals surface area contributed by atoms with Gasteiger partial charge in [0.2, 0.25) is 0 Å². The van der Waals surface area contributed by atoms with E-state index in [9.17, 15) is 9.67 Å². The Kier molecular flexibility index (Phi) is 10.4. The first-order valence-electron chi connectivity index (χ1n) is 17.6. The highest BCUT2D eigenvalue weighted by Crippen LogP contribution is 2.61. The summed E-state index contributed by atoms with van der Waals surface area (Å²) in [5.74, 6) is 1.42. The van der Waals surface area contributed by atoms with Crippen LogP contribution in [0.2, 0.25) is 0 Å². The van der Waals surface area contributed by atoms with Gasteiger partial charge in [0.25, 0.3) is 0 Å². The number of fused-ring (bicyclic) bond motifs is 3. The highest BCUT2D eigenvalue weighted by molar-refractivity contribution is 7.49. The molecule has 7 heteroatoms. The summed E-state index contributed by atoms with van der Waals surface area (Å²) in [6.07, 6.45) is 0. The van der Waals surface area contributed by atoms with Crippen molar-refractivity contribution in [3.05, 3.63) is 75.8 Å². The van der Waals surface area contributed by atoms with Crippen LogP contribution in [-0.4, -0.2) is 30.2 Å². The van der Waals surface area contributed by atoms with Crippen LogP contribution in [0.4, 0.5) is 0 Å². The van der Waals surface area contributed by atoms with Gasteiger partial charge in [-0.3, -0.25) is 9.42 Å². The molecule has 0 saturated heterocycles. The summed E-state index contributed by atoms with van der Waals surface area (Å²) in [4.78, 5) is 2.11. The standard InChI is InChI=1S/C42H62NO5P/c1-38(2,3)28-22-30-31-23-29(39(4,5)6)25-34(42(13,14)15)37(31)48-49(45,47-36(30)33(24-28)41(10,11)12)46-20-19-43(16)26-27-17-18-35(44)32(21-27)40(7,8)9/h17-18,21-25,44H,19-20,26H2,1-16H3. The first-order chi connectivity index (χ1) is 22.1. The topological polar surface area (TPSA) is 68.2 Å². The Hall–Kier alpha value is -2.79. The van der Waals surface area contributed by atoms with Gasteiger partial charge in [0, 0.05) is 35.3 Å². The van der Waals surface area contributed by atoms with Gasteiger partial charge < -0.3 is 14.2 Å². The van der Waals surface area contributed by atoms with Gasteiger partial charge in [-0.15, -0.1) is 0 Å². The third-order valence-corrected chi connectivity index (χ3v) is 10.6. The molecular formula is C42H62NO5P. The lowest BCUT2D eigenvalue weighted by Gasteiger charge is -2.30. The van der Waals surface area contributed by atoms with E-state index in [1.807, 2.05) is 13.1 Å². The SMILES string of the molecule is CN(CCOP1(=O)Oc2c(cc(C(C)(C)C)cc2C(C)(C)C)-c2cc(C(C)(C)C)cc(C(C)(C)C)c2O1)Cc1ccc(O)c(C(C)(C)C)c1. The first kappa shape index (κ1) is 39.0. The molecule has 0 amide bonds. The molecule has 6 nitrogen and oxygen atoms in total. The molecular weight excluding hydrogens is 629 g/mol. The number of hydrogen-bond acceptors (Lipinski definition) is 6. The Morgan fingerprint density at radius 1 is 0.633 bits per heavy atom. The summed E-state index contributed by atoms with van der Waals surface area (Å²) in [7, 11) is -2.16. The molecule has 4 rings (SSSR count). The van der Waals surface area contributed by atoms with Crippen LogP contribution in [0.3, 0.4) is 0 Å². The molecule has 0 bridgehead atoms. The predicted molar refractivity (Wildman–Crippen MR) is 205 cm³/mol. The monoisotopic (exact) mass is 691 g/mol. The summed E-state index contributed by atoms with van der Waals surface area (Å²) < 4.78 is 34.3. The quantitative estimate of drug-likeness (QED) is 0.260. The summed E-state index contributed by atoms with van der Waals surface area (Å²) in [5.41, 5.74) is 6.95. The second-order valence-corrected chi connectivity index (χ2v) is 20.6. The molecule has 0 unspecified atom stereocenters. The normalized spacial score (nSPS) is 15.3. The van der Waals surface area contributed by atoms with E-state index in [1.165, 1.54) is 11.1 Å². The minimum atomic E-state index is -4.16. The van der Waals surface area contributed by atoms with Crippen molar-refractivity contribution in [3.8, 4) is 28.4 Å². The number of nitrogens with zero attached hydrogens (tertiary/aromatic N) is 1. The maximum Gasteiger partial charge on any atom is 0.587 e. The van der Waals surface area contributed by atoms with Crippen LogP contribution >= 0.6 is 7.82 Å². The number of rotatable bonds is 6. The zero-order chi connectivity index (χ0) is 37.1. The van der Waals surface area contributed by atoms with Crippen molar-refractivity contribution >= 4 is 7.82 Å². The first-order valence-corrected chi connectivity index (χ1v) is 19.1. The van der Waals surface area contributed by atoms with E-state index in [-0.39, 0.29) is 33.7 Å². The lowest BCUT2D eigenvalue weighted by atomic mass is 9.75. The molecule has 0 aliphatic carbocycles. The Bertz CT molecular complexity index is 1650. The van der Waals surface area contributed by atoms with Crippen molar-refractivity contribution in [2.24, 2.45) is 0 Å². The molecule has 3 aromatic carbocycles. The number of likely N-dealkylation sites (N-methyl/N-ethyl adjacent to an activating group) is 1. The second-order valence-electron chi connectivity index (χ2n) is 19.1. The molecule has 270 valence electrons. The van der Waals surface area contributed by atoms with Crippen molar-refractivity contribution in [1.29, 1.82) is 0 Å². The van der Waals surface area contributed by atoms with Gasteiger partial charge in [-0.1, -0.05) is 128 Å². The number of phenolic OH excluding ortho intramolecular Hbond substituents is 1. The molecule has 1 heterocycles. The van der Waals surface area contributed by atoms with Crippen molar-refractivity contribution < 1.29 is 23.2 Å². The van der Waals surface area contributed by atoms with Crippen molar-refractivity contribution in [2.75, 3.05) is 20.2 Å². The largest absolute Gasteiger partial charge is 0.587 e. The third kappa shape index (κ3) is 8.93. The highest BCUT2D eigenvalue weighted by Gasteiger charge is 2.42. The van der Waals surface area contributed by atoms with E-state index in [1.54, 1.807) is 6.07 Å². The van der Waals surface area contributed by atoms with E-state index >= 15 is 0 Å². The Morgan fingerprint density at radius 2 is 1.06 bits per heavy atom. The van der Waals surface area contributed by atoms with E-state index in [2.05, 4.69) is 139 Å². The van der Waals surface area contributed by atoms with Crippen molar-refractivity contribution in [1.82, 2.24) is 4.90 Å². The molecule has 3 aromatic rings. The van der Waals surface area contributed by atoms with Crippen molar-refractivity contribution in [3.63, 3.8) is 0 Å². The summed E-state index contributed by atoms with van der Waals surface area (Å²) in [6.45, 7) is 33.8. The van der Waals surface area contributed by atoms with E-state index in [0.29, 0.717) is 30.3 Å². The molecule has 1 N–H and O–H groups in total. The zero-order valence-corrected chi connectivity index (χ0v) is 34.0. The molecule has 0 spiro atoms. The Labute approximate surface area is 297 Å². The Balaban J connectivity index is 1.81. The van der Waals surface area contributed by atoms with Crippen LogP contribution in [0.1, 0.15) is 137 Å². The Morgan fingerprint density at radius 3 is 1.45 bits per heavy atom. The fourth-order valence-electron chi connectivity index (χ4n) is 6.11. The van der Waals surface area contributed by atoms with Crippen LogP contribution in [-0.2, 0) is 42.7 Å². The molecule has 1 aliphatic rings. The molecule has 0 aromatic heterocycles. The molecule has 49 heavy (non-hydrogen) atoms. The van der Waals surface area contributed by atoms with Crippen LogP contribution in [0.25, 0.3) is 11.1 Å². The van der Waals surface area contributed by atoms with Gasteiger partial charge >= 0.3 is 7.82 Å². The van der Waals surface area contributed by atoms with Gasteiger partial charge in [-0.2, -0.15) is 0 Å². The number of benzene rings is 3. The van der Waals surface area contributed by atoms with Crippen LogP contribution in [0.5, 0.6) is 17.2 Å². The van der Waals surface area contributed by atoms with Gasteiger partial charge in [-0.05, 0) is 74.6 Å².